The second-order valence-electron chi connectivity index (χ2n) is 5.37. The van der Waals surface area contributed by atoms with E-state index in [2.05, 4.69) is 5.32 Å². The lowest BCUT2D eigenvalue weighted by molar-refractivity contribution is -0.146. The first-order chi connectivity index (χ1) is 9.56. The van der Waals surface area contributed by atoms with Crippen molar-refractivity contribution in [2.45, 2.75) is 6.42 Å². The zero-order valence-electron chi connectivity index (χ0n) is 10.7. The van der Waals surface area contributed by atoms with Crippen LogP contribution in [-0.2, 0) is 9.59 Å². The molecule has 0 aliphatic heterocycles. The van der Waals surface area contributed by atoms with Crippen LogP contribution in [0, 0.1) is 23.7 Å². The quantitative estimate of drug-likeness (QED) is 0.579. The summed E-state index contributed by atoms with van der Waals surface area (Å²) in [5.41, 5.74) is 0.559. The normalized spacial score (nSPS) is 30.4. The van der Waals surface area contributed by atoms with Gasteiger partial charge in [0, 0.05) is 5.69 Å². The Labute approximate surface area is 115 Å². The Morgan fingerprint density at radius 2 is 1.65 bits per heavy atom. The van der Waals surface area contributed by atoms with E-state index in [1.54, 1.807) is 12.1 Å². The minimum atomic E-state index is -0.910. The fourth-order valence-corrected chi connectivity index (χ4v) is 3.29. The first-order valence-corrected chi connectivity index (χ1v) is 6.57. The standard InChI is InChI=1S/C15H15NO4/c17-11-5-3-10(4-6-11)16-14(18)12-8-1-2-9(7-8)13(12)15(19)20/h1-6,8-9,12-13,17H,7H2,(H,16,18)(H,19,20)/t8-,9+,12+,13+/m0/s1. The number of hydrogen-bond acceptors (Lipinski definition) is 3. The number of fused-ring (bicyclic) bond motifs is 2. The fourth-order valence-electron chi connectivity index (χ4n) is 3.29. The van der Waals surface area contributed by atoms with Gasteiger partial charge in [0.05, 0.1) is 11.8 Å². The molecule has 4 atom stereocenters. The van der Waals surface area contributed by atoms with Gasteiger partial charge in [-0.3, -0.25) is 9.59 Å². The topological polar surface area (TPSA) is 86.6 Å². The Morgan fingerprint density at radius 1 is 1.05 bits per heavy atom. The lowest BCUT2D eigenvalue weighted by atomic mass is 9.82. The van der Waals surface area contributed by atoms with Gasteiger partial charge in [0.15, 0.2) is 0 Å². The highest BCUT2D eigenvalue weighted by atomic mass is 16.4. The molecular weight excluding hydrogens is 258 g/mol. The summed E-state index contributed by atoms with van der Waals surface area (Å²) in [6, 6.07) is 6.13. The van der Waals surface area contributed by atoms with Crippen molar-refractivity contribution in [2.75, 3.05) is 5.32 Å². The Bertz CT molecular complexity index is 578. The maximum absolute atomic E-state index is 12.3. The van der Waals surface area contributed by atoms with E-state index in [1.165, 1.54) is 12.1 Å². The third-order valence-corrected chi connectivity index (χ3v) is 4.18. The number of amides is 1. The highest BCUT2D eigenvalue weighted by Gasteiger charge is 2.51. The van der Waals surface area contributed by atoms with Gasteiger partial charge in [0.1, 0.15) is 5.75 Å². The molecule has 1 amide bonds. The van der Waals surface area contributed by atoms with Gasteiger partial charge in [-0.2, -0.15) is 0 Å². The summed E-state index contributed by atoms with van der Waals surface area (Å²) in [4.78, 5) is 23.7. The van der Waals surface area contributed by atoms with Crippen LogP contribution in [-0.4, -0.2) is 22.1 Å². The maximum Gasteiger partial charge on any atom is 0.307 e. The highest BCUT2D eigenvalue weighted by Crippen LogP contribution is 2.48. The van der Waals surface area contributed by atoms with Gasteiger partial charge in [-0.1, -0.05) is 12.2 Å². The van der Waals surface area contributed by atoms with Crippen molar-refractivity contribution in [1.82, 2.24) is 0 Å². The molecule has 0 aromatic heterocycles. The largest absolute Gasteiger partial charge is 0.508 e. The number of hydrogen-bond donors (Lipinski definition) is 3. The van der Waals surface area contributed by atoms with Crippen LogP contribution < -0.4 is 5.32 Å². The molecule has 0 heterocycles. The van der Waals surface area contributed by atoms with Crippen molar-refractivity contribution in [3.63, 3.8) is 0 Å². The van der Waals surface area contributed by atoms with Gasteiger partial charge in [0.25, 0.3) is 0 Å². The predicted molar refractivity (Wildman–Crippen MR) is 72.1 cm³/mol. The zero-order chi connectivity index (χ0) is 14.3. The second kappa shape index (κ2) is 4.67. The van der Waals surface area contributed by atoms with Crippen LogP contribution in [0.4, 0.5) is 5.69 Å². The van der Waals surface area contributed by atoms with Crippen LogP contribution in [0.5, 0.6) is 5.75 Å². The number of carboxylic acids is 1. The molecular formula is C15H15NO4. The van der Waals surface area contributed by atoms with E-state index in [-0.39, 0.29) is 23.5 Å². The summed E-state index contributed by atoms with van der Waals surface area (Å²) < 4.78 is 0. The van der Waals surface area contributed by atoms with Crippen LogP contribution >= 0.6 is 0 Å². The molecule has 0 saturated heterocycles. The molecule has 2 aliphatic carbocycles. The van der Waals surface area contributed by atoms with E-state index in [0.29, 0.717) is 5.69 Å². The Hall–Kier alpha value is -2.30. The summed E-state index contributed by atoms with van der Waals surface area (Å²) in [7, 11) is 0. The average molecular weight is 273 g/mol. The zero-order valence-corrected chi connectivity index (χ0v) is 10.7. The first-order valence-electron chi connectivity index (χ1n) is 6.57. The van der Waals surface area contributed by atoms with Crippen molar-refractivity contribution >= 4 is 17.6 Å². The number of aromatic hydroxyl groups is 1. The number of carbonyl (C=O) groups excluding carboxylic acids is 1. The van der Waals surface area contributed by atoms with Crippen LogP contribution in [0.1, 0.15) is 6.42 Å². The molecule has 5 heteroatoms. The second-order valence-corrected chi connectivity index (χ2v) is 5.37. The number of allylic oxidation sites excluding steroid dienone is 2. The number of benzene rings is 1. The molecule has 104 valence electrons. The maximum atomic E-state index is 12.3. The van der Waals surface area contributed by atoms with Crippen molar-refractivity contribution in [3.8, 4) is 5.75 Å². The van der Waals surface area contributed by atoms with Crippen molar-refractivity contribution in [3.05, 3.63) is 36.4 Å². The van der Waals surface area contributed by atoms with Crippen LogP contribution in [0.25, 0.3) is 0 Å². The van der Waals surface area contributed by atoms with Gasteiger partial charge in [-0.05, 0) is 42.5 Å². The lowest BCUT2D eigenvalue weighted by Crippen LogP contribution is -2.36. The number of phenolic OH excluding ortho intramolecular Hbond substituents is 1. The Morgan fingerprint density at radius 3 is 2.25 bits per heavy atom. The molecule has 20 heavy (non-hydrogen) atoms. The lowest BCUT2D eigenvalue weighted by Gasteiger charge is -2.23. The third-order valence-electron chi connectivity index (χ3n) is 4.18. The van der Waals surface area contributed by atoms with E-state index in [4.69, 9.17) is 0 Å². The summed E-state index contributed by atoms with van der Waals surface area (Å²) in [6.07, 6.45) is 4.60. The molecule has 5 nitrogen and oxygen atoms in total. The van der Waals surface area contributed by atoms with Crippen LogP contribution in [0.15, 0.2) is 36.4 Å². The SMILES string of the molecule is O=C(O)[C@H]1[C@H](C(=O)Nc2ccc(O)cc2)[C@H]2C=C[C@@H]1C2. The Kier molecular flexibility index (Phi) is 2.97. The monoisotopic (exact) mass is 273 g/mol. The molecule has 1 fully saturated rings. The summed E-state index contributed by atoms with van der Waals surface area (Å²) >= 11 is 0. The van der Waals surface area contributed by atoms with E-state index in [9.17, 15) is 19.8 Å². The molecule has 2 bridgehead atoms. The molecule has 1 aromatic carbocycles. The number of carboxylic acid groups (broad SMARTS) is 1. The van der Waals surface area contributed by atoms with Gasteiger partial charge in [-0.25, -0.2) is 0 Å². The summed E-state index contributed by atoms with van der Waals surface area (Å²) in [5, 5.41) is 21.2. The van der Waals surface area contributed by atoms with Gasteiger partial charge < -0.3 is 15.5 Å². The number of anilines is 1. The fraction of sp³-hybridized carbons (Fsp3) is 0.333. The minimum Gasteiger partial charge on any atom is -0.508 e. The molecule has 1 aromatic rings. The number of phenols is 1. The minimum absolute atomic E-state index is 0.0122. The van der Waals surface area contributed by atoms with Crippen LogP contribution in [0.3, 0.4) is 0 Å². The van der Waals surface area contributed by atoms with Gasteiger partial charge >= 0.3 is 5.97 Å². The number of rotatable bonds is 3. The molecule has 0 unspecified atom stereocenters. The summed E-state index contributed by atoms with van der Waals surface area (Å²) in [5.74, 6) is -2.23. The molecule has 3 rings (SSSR count). The van der Waals surface area contributed by atoms with Gasteiger partial charge in [-0.15, -0.1) is 0 Å². The van der Waals surface area contributed by atoms with Gasteiger partial charge in [0.2, 0.25) is 5.91 Å². The smallest absolute Gasteiger partial charge is 0.307 e. The third kappa shape index (κ3) is 2.05. The van der Waals surface area contributed by atoms with Crippen LogP contribution in [0.2, 0.25) is 0 Å². The van der Waals surface area contributed by atoms with E-state index in [0.717, 1.165) is 6.42 Å². The number of nitrogens with one attached hydrogen (secondary N) is 1. The Balaban J connectivity index is 1.78. The molecule has 0 spiro atoms. The molecule has 0 radical (unpaired) electrons. The predicted octanol–water partition coefficient (Wildman–Crippen LogP) is 1.85. The highest BCUT2D eigenvalue weighted by molar-refractivity contribution is 5.96. The summed E-state index contributed by atoms with van der Waals surface area (Å²) in [6.45, 7) is 0. The van der Waals surface area contributed by atoms with Crippen molar-refractivity contribution in [1.29, 1.82) is 0 Å². The van der Waals surface area contributed by atoms with Crippen molar-refractivity contribution < 1.29 is 19.8 Å². The van der Waals surface area contributed by atoms with E-state index >= 15 is 0 Å². The average Bonchev–Trinajstić information content (AvgIpc) is 3.01. The number of aliphatic carboxylic acids is 1. The molecule has 2 aliphatic rings. The van der Waals surface area contributed by atoms with Crippen molar-refractivity contribution in [2.24, 2.45) is 23.7 Å². The van der Waals surface area contributed by atoms with E-state index in [1.807, 2.05) is 12.2 Å². The molecule has 3 N–H and O–H groups in total. The van der Waals surface area contributed by atoms with E-state index < -0.39 is 17.8 Å². The first kappa shape index (κ1) is 12.7. The number of carbonyl (C=O) groups is 2. The molecule has 1 saturated carbocycles.